The number of anilines is 1. The minimum atomic E-state index is -3.95. The van der Waals surface area contributed by atoms with E-state index in [2.05, 4.69) is 10.5 Å². The SMILES string of the molecule is Cc1cc(C)c(C=NNc2ccc([N+](=O)[O-])cc2S(=O)(=O)N2CCOCC2)c(C)c1. The zero-order chi connectivity index (χ0) is 21.9. The van der Waals surface area contributed by atoms with E-state index in [1.807, 2.05) is 32.9 Å². The van der Waals surface area contributed by atoms with Crippen LogP contribution in [-0.4, -0.2) is 50.2 Å². The summed E-state index contributed by atoms with van der Waals surface area (Å²) >= 11 is 0. The normalized spacial score (nSPS) is 15.4. The number of sulfonamides is 1. The first-order valence-corrected chi connectivity index (χ1v) is 10.9. The van der Waals surface area contributed by atoms with Gasteiger partial charge in [0.1, 0.15) is 4.90 Å². The van der Waals surface area contributed by atoms with Crippen LogP contribution in [0, 0.1) is 30.9 Å². The van der Waals surface area contributed by atoms with Gasteiger partial charge in [-0.15, -0.1) is 0 Å². The molecule has 1 fully saturated rings. The van der Waals surface area contributed by atoms with Crippen LogP contribution in [0.3, 0.4) is 0 Å². The van der Waals surface area contributed by atoms with Crippen molar-refractivity contribution in [1.82, 2.24) is 4.31 Å². The molecule has 0 amide bonds. The summed E-state index contributed by atoms with van der Waals surface area (Å²) in [7, 11) is -3.95. The lowest BCUT2D eigenvalue weighted by Gasteiger charge is -2.26. The number of hydrogen-bond acceptors (Lipinski definition) is 7. The molecule has 1 saturated heterocycles. The third kappa shape index (κ3) is 4.66. The highest BCUT2D eigenvalue weighted by atomic mass is 32.2. The second kappa shape index (κ2) is 8.90. The summed E-state index contributed by atoms with van der Waals surface area (Å²) < 4.78 is 32.7. The molecule has 0 aliphatic carbocycles. The molecule has 0 bridgehead atoms. The number of nitrogens with zero attached hydrogens (tertiary/aromatic N) is 3. The molecule has 1 aliphatic heterocycles. The highest BCUT2D eigenvalue weighted by Gasteiger charge is 2.30. The number of aryl methyl sites for hydroxylation is 3. The van der Waals surface area contributed by atoms with Crippen LogP contribution in [0.5, 0.6) is 0 Å². The van der Waals surface area contributed by atoms with E-state index in [0.29, 0.717) is 0 Å². The summed E-state index contributed by atoms with van der Waals surface area (Å²) in [6, 6.07) is 7.74. The van der Waals surface area contributed by atoms with E-state index < -0.39 is 14.9 Å². The molecule has 1 aliphatic rings. The molecule has 0 aromatic heterocycles. The van der Waals surface area contributed by atoms with Crippen LogP contribution in [0.2, 0.25) is 0 Å². The van der Waals surface area contributed by atoms with Crippen molar-refractivity contribution in [2.24, 2.45) is 5.10 Å². The minimum Gasteiger partial charge on any atom is -0.379 e. The number of hydrogen-bond donors (Lipinski definition) is 1. The summed E-state index contributed by atoms with van der Waals surface area (Å²) in [5, 5.41) is 15.4. The fourth-order valence-corrected chi connectivity index (χ4v) is 4.99. The summed E-state index contributed by atoms with van der Waals surface area (Å²) in [4.78, 5) is 10.4. The van der Waals surface area contributed by atoms with Crippen LogP contribution in [0.1, 0.15) is 22.3 Å². The highest BCUT2D eigenvalue weighted by Crippen LogP contribution is 2.29. The number of benzene rings is 2. The average Bonchev–Trinajstić information content (AvgIpc) is 2.70. The number of nitro benzene ring substituents is 1. The van der Waals surface area contributed by atoms with E-state index in [1.54, 1.807) is 6.21 Å². The van der Waals surface area contributed by atoms with Crippen LogP contribution < -0.4 is 5.43 Å². The van der Waals surface area contributed by atoms with Crippen LogP contribution in [0.15, 0.2) is 40.3 Å². The number of nitro groups is 1. The van der Waals surface area contributed by atoms with E-state index in [9.17, 15) is 18.5 Å². The monoisotopic (exact) mass is 432 g/mol. The van der Waals surface area contributed by atoms with Crippen molar-refractivity contribution < 1.29 is 18.1 Å². The molecule has 10 heteroatoms. The Morgan fingerprint density at radius 2 is 1.77 bits per heavy atom. The Morgan fingerprint density at radius 3 is 2.37 bits per heavy atom. The quantitative estimate of drug-likeness (QED) is 0.426. The molecule has 160 valence electrons. The summed E-state index contributed by atoms with van der Waals surface area (Å²) in [6.07, 6.45) is 1.62. The van der Waals surface area contributed by atoms with Crippen molar-refractivity contribution in [2.45, 2.75) is 25.7 Å². The topological polar surface area (TPSA) is 114 Å². The smallest absolute Gasteiger partial charge is 0.270 e. The third-order valence-corrected chi connectivity index (χ3v) is 6.82. The molecule has 2 aromatic rings. The van der Waals surface area contributed by atoms with Gasteiger partial charge in [-0.25, -0.2) is 8.42 Å². The zero-order valence-corrected chi connectivity index (χ0v) is 17.9. The molecule has 0 atom stereocenters. The Bertz CT molecular complexity index is 1070. The van der Waals surface area contributed by atoms with E-state index in [0.717, 1.165) is 28.3 Å². The highest BCUT2D eigenvalue weighted by molar-refractivity contribution is 7.89. The van der Waals surface area contributed by atoms with Crippen molar-refractivity contribution >= 4 is 27.6 Å². The Balaban J connectivity index is 1.96. The molecule has 0 unspecified atom stereocenters. The van der Waals surface area contributed by atoms with E-state index >= 15 is 0 Å². The molecule has 9 nitrogen and oxygen atoms in total. The molecule has 1 heterocycles. The van der Waals surface area contributed by atoms with Crippen molar-refractivity contribution in [1.29, 1.82) is 0 Å². The molecule has 1 N–H and O–H groups in total. The lowest BCUT2D eigenvalue weighted by Crippen LogP contribution is -2.40. The number of ether oxygens (including phenoxy) is 1. The summed E-state index contributed by atoms with van der Waals surface area (Å²) in [5.74, 6) is 0. The predicted octanol–water partition coefficient (Wildman–Crippen LogP) is 2.99. The lowest BCUT2D eigenvalue weighted by molar-refractivity contribution is -0.385. The van der Waals surface area contributed by atoms with Gasteiger partial charge in [-0.05, 0) is 38.0 Å². The second-order valence-corrected chi connectivity index (χ2v) is 9.04. The van der Waals surface area contributed by atoms with Gasteiger partial charge in [0, 0.05) is 30.8 Å². The number of rotatable bonds is 6. The van der Waals surface area contributed by atoms with Crippen molar-refractivity contribution in [3.05, 3.63) is 62.7 Å². The Hall–Kier alpha value is -2.82. The minimum absolute atomic E-state index is 0.172. The fourth-order valence-electron chi connectivity index (χ4n) is 3.42. The summed E-state index contributed by atoms with van der Waals surface area (Å²) in [6.45, 7) is 6.90. The van der Waals surface area contributed by atoms with Crippen LogP contribution in [0.4, 0.5) is 11.4 Å². The van der Waals surface area contributed by atoms with E-state index in [1.165, 1.54) is 16.4 Å². The van der Waals surface area contributed by atoms with Gasteiger partial charge in [-0.3, -0.25) is 15.5 Å². The van der Waals surface area contributed by atoms with Crippen LogP contribution in [0.25, 0.3) is 0 Å². The molecular formula is C20H24N4O5S. The molecule has 30 heavy (non-hydrogen) atoms. The summed E-state index contributed by atoms with van der Waals surface area (Å²) in [5.41, 5.74) is 6.78. The maximum absolute atomic E-state index is 13.1. The van der Waals surface area contributed by atoms with Gasteiger partial charge in [0.25, 0.3) is 5.69 Å². The average molecular weight is 433 g/mol. The lowest BCUT2D eigenvalue weighted by atomic mass is 10.0. The first-order chi connectivity index (χ1) is 14.2. The van der Waals surface area contributed by atoms with Gasteiger partial charge in [0.15, 0.2) is 0 Å². The molecule has 0 saturated carbocycles. The third-order valence-electron chi connectivity index (χ3n) is 4.88. The van der Waals surface area contributed by atoms with Gasteiger partial charge < -0.3 is 4.74 Å². The first kappa shape index (κ1) is 21.9. The standard InChI is InChI=1S/C20H24N4O5S/c1-14-10-15(2)18(16(3)11-14)13-21-22-19-5-4-17(24(25)26)12-20(19)30(27,28)23-6-8-29-9-7-23/h4-5,10-13,22H,6-9H2,1-3H3. The van der Waals surface area contributed by atoms with Crippen molar-refractivity contribution in [3.63, 3.8) is 0 Å². The van der Waals surface area contributed by atoms with Crippen LogP contribution >= 0.6 is 0 Å². The van der Waals surface area contributed by atoms with E-state index in [-0.39, 0.29) is 42.6 Å². The van der Waals surface area contributed by atoms with Gasteiger partial charge in [0.2, 0.25) is 10.0 Å². The number of hydrazone groups is 1. The maximum Gasteiger partial charge on any atom is 0.270 e. The fraction of sp³-hybridized carbons (Fsp3) is 0.350. The largest absolute Gasteiger partial charge is 0.379 e. The molecular weight excluding hydrogens is 408 g/mol. The first-order valence-electron chi connectivity index (χ1n) is 9.43. The van der Waals surface area contributed by atoms with Crippen molar-refractivity contribution in [2.75, 3.05) is 31.7 Å². The maximum atomic E-state index is 13.1. The Morgan fingerprint density at radius 1 is 1.13 bits per heavy atom. The van der Waals surface area contributed by atoms with Gasteiger partial charge in [-0.1, -0.05) is 17.7 Å². The number of nitrogens with one attached hydrogen (secondary N) is 1. The Labute approximate surface area is 175 Å². The predicted molar refractivity (Wildman–Crippen MR) is 115 cm³/mol. The molecule has 2 aromatic carbocycles. The molecule has 0 radical (unpaired) electrons. The number of non-ortho nitro benzene ring substituents is 1. The zero-order valence-electron chi connectivity index (χ0n) is 17.1. The van der Waals surface area contributed by atoms with Gasteiger partial charge >= 0.3 is 0 Å². The van der Waals surface area contributed by atoms with Crippen molar-refractivity contribution in [3.8, 4) is 0 Å². The van der Waals surface area contributed by atoms with Crippen LogP contribution in [-0.2, 0) is 14.8 Å². The second-order valence-electron chi connectivity index (χ2n) is 7.14. The van der Waals surface area contributed by atoms with E-state index in [4.69, 9.17) is 4.74 Å². The molecule has 3 rings (SSSR count). The molecule has 0 spiro atoms. The van der Waals surface area contributed by atoms with Gasteiger partial charge in [-0.2, -0.15) is 9.41 Å². The van der Waals surface area contributed by atoms with Gasteiger partial charge in [0.05, 0.1) is 30.0 Å². The number of morpholine rings is 1. The Kier molecular flexibility index (Phi) is 6.49.